The number of carboxylic acid groups (broad SMARTS) is 1. The molecular weight excluding hydrogens is 250 g/mol. The lowest BCUT2D eigenvalue weighted by atomic mass is 10.2. The van der Waals surface area contributed by atoms with Crippen molar-refractivity contribution in [3.8, 4) is 0 Å². The van der Waals surface area contributed by atoms with Crippen molar-refractivity contribution in [2.45, 2.75) is 26.2 Å². The van der Waals surface area contributed by atoms with E-state index in [2.05, 4.69) is 12.7 Å². The topological polar surface area (TPSA) is 67.8 Å². The van der Waals surface area contributed by atoms with Gasteiger partial charge in [0.25, 0.3) is 0 Å². The molecule has 0 fully saturated rings. The second-order valence-electron chi connectivity index (χ2n) is 3.76. The normalized spacial score (nSPS) is 9.94. The summed E-state index contributed by atoms with van der Waals surface area (Å²) < 4.78 is 0. The molecule has 0 saturated heterocycles. The summed E-state index contributed by atoms with van der Waals surface area (Å²) in [7, 11) is 0. The van der Waals surface area contributed by atoms with Crippen molar-refractivity contribution in [3.63, 3.8) is 0 Å². The van der Waals surface area contributed by atoms with E-state index in [0.29, 0.717) is 5.02 Å². The molecule has 0 atom stereocenters. The van der Waals surface area contributed by atoms with Gasteiger partial charge in [-0.3, -0.25) is 0 Å². The van der Waals surface area contributed by atoms with E-state index in [1.807, 2.05) is 0 Å². The third-order valence-electron chi connectivity index (χ3n) is 2.14. The molecule has 0 heterocycles. The molecule has 0 aliphatic carbocycles. The van der Waals surface area contributed by atoms with E-state index in [9.17, 15) is 9.90 Å². The highest BCUT2D eigenvalue weighted by atomic mass is 35.5. The SMILES string of the molecule is CCCCC[NH3+].O=C([O-])/C=C/c1ccc(Cl)cc1. The highest BCUT2D eigenvalue weighted by Gasteiger charge is 1.86. The van der Waals surface area contributed by atoms with E-state index < -0.39 is 5.97 Å². The van der Waals surface area contributed by atoms with Crippen LogP contribution < -0.4 is 10.8 Å². The molecule has 0 aliphatic rings. The van der Waals surface area contributed by atoms with Crippen LogP contribution in [0.4, 0.5) is 0 Å². The van der Waals surface area contributed by atoms with Gasteiger partial charge in [-0.2, -0.15) is 0 Å². The summed E-state index contributed by atoms with van der Waals surface area (Å²) in [4.78, 5) is 10.0. The van der Waals surface area contributed by atoms with Gasteiger partial charge in [0.1, 0.15) is 0 Å². The summed E-state index contributed by atoms with van der Waals surface area (Å²) in [6.07, 6.45) is 6.39. The first-order valence-corrected chi connectivity index (χ1v) is 6.41. The Kier molecular flexibility index (Phi) is 10.0. The highest BCUT2D eigenvalue weighted by Crippen LogP contribution is 2.10. The maximum atomic E-state index is 10.0. The van der Waals surface area contributed by atoms with Crippen molar-refractivity contribution >= 4 is 23.6 Å². The third kappa shape index (κ3) is 9.87. The lowest BCUT2D eigenvalue weighted by Crippen LogP contribution is -2.49. The molecule has 0 unspecified atom stereocenters. The number of carbonyl (C=O) groups is 1. The van der Waals surface area contributed by atoms with Crippen molar-refractivity contribution in [3.05, 3.63) is 40.9 Å². The number of carbonyl (C=O) groups excluding carboxylic acids is 1. The van der Waals surface area contributed by atoms with Gasteiger partial charge >= 0.3 is 0 Å². The van der Waals surface area contributed by atoms with Crippen LogP contribution in [0.2, 0.25) is 5.02 Å². The summed E-state index contributed by atoms with van der Waals surface area (Å²) in [5.74, 6) is -1.20. The molecule has 1 aromatic rings. The predicted molar refractivity (Wildman–Crippen MR) is 72.8 cm³/mol. The second-order valence-corrected chi connectivity index (χ2v) is 4.20. The van der Waals surface area contributed by atoms with Crippen LogP contribution in [0.5, 0.6) is 0 Å². The summed E-state index contributed by atoms with van der Waals surface area (Å²) in [6.45, 7) is 3.31. The molecule has 0 saturated carbocycles. The maximum Gasteiger partial charge on any atom is 0.0739 e. The van der Waals surface area contributed by atoms with E-state index in [1.165, 1.54) is 25.3 Å². The van der Waals surface area contributed by atoms with Crippen molar-refractivity contribution < 1.29 is 15.6 Å². The van der Waals surface area contributed by atoms with Crippen molar-refractivity contribution in [2.75, 3.05) is 6.54 Å². The molecular formula is C14H20ClNO2. The average molecular weight is 270 g/mol. The molecule has 3 N–H and O–H groups in total. The summed E-state index contributed by atoms with van der Waals surface area (Å²) in [5.41, 5.74) is 4.50. The number of benzene rings is 1. The molecule has 18 heavy (non-hydrogen) atoms. The number of carboxylic acids is 1. The van der Waals surface area contributed by atoms with Crippen molar-refractivity contribution in [2.24, 2.45) is 0 Å². The first-order chi connectivity index (χ1) is 8.60. The van der Waals surface area contributed by atoms with Gasteiger partial charge in [0.05, 0.1) is 12.5 Å². The number of aliphatic carboxylic acids is 1. The van der Waals surface area contributed by atoms with Crippen LogP contribution in [-0.4, -0.2) is 12.5 Å². The van der Waals surface area contributed by atoms with Gasteiger partial charge < -0.3 is 15.6 Å². The summed E-state index contributed by atoms with van der Waals surface area (Å²) in [6, 6.07) is 6.83. The predicted octanol–water partition coefficient (Wildman–Crippen LogP) is 1.52. The van der Waals surface area contributed by atoms with E-state index in [4.69, 9.17) is 11.6 Å². The summed E-state index contributed by atoms with van der Waals surface area (Å²) >= 11 is 5.62. The Morgan fingerprint density at radius 2 is 1.94 bits per heavy atom. The van der Waals surface area contributed by atoms with E-state index in [-0.39, 0.29) is 0 Å². The Bertz CT molecular complexity index is 357. The van der Waals surface area contributed by atoms with Crippen LogP contribution in [-0.2, 0) is 4.79 Å². The Morgan fingerprint density at radius 1 is 1.33 bits per heavy atom. The number of hydrogen-bond acceptors (Lipinski definition) is 2. The van der Waals surface area contributed by atoms with Crippen molar-refractivity contribution in [1.29, 1.82) is 0 Å². The van der Waals surface area contributed by atoms with Gasteiger partial charge in [-0.15, -0.1) is 0 Å². The Hall–Kier alpha value is -1.32. The standard InChI is InChI=1S/C9H7ClO2.C5H13N/c10-8-4-1-7(2-5-8)3-6-9(11)12;1-2-3-4-5-6/h1-6H,(H,11,12);2-6H2,1H3/b6-3+;. The molecule has 0 aliphatic heterocycles. The van der Waals surface area contributed by atoms with E-state index in [0.717, 1.165) is 18.2 Å². The van der Waals surface area contributed by atoms with Crippen LogP contribution >= 0.6 is 11.6 Å². The Morgan fingerprint density at radius 3 is 2.33 bits per heavy atom. The zero-order chi connectivity index (χ0) is 13.8. The maximum absolute atomic E-state index is 10.0. The molecule has 0 radical (unpaired) electrons. The molecule has 100 valence electrons. The molecule has 0 aromatic heterocycles. The minimum absolute atomic E-state index is 0.626. The number of quaternary nitrogens is 1. The quantitative estimate of drug-likeness (QED) is 0.650. The zero-order valence-corrected chi connectivity index (χ0v) is 11.5. The second kappa shape index (κ2) is 10.8. The molecule has 0 amide bonds. The Balaban J connectivity index is 0.000000411. The monoisotopic (exact) mass is 269 g/mol. The average Bonchev–Trinajstić information content (AvgIpc) is 2.36. The van der Waals surface area contributed by atoms with Crippen LogP contribution in [0.15, 0.2) is 30.3 Å². The fourth-order valence-electron chi connectivity index (χ4n) is 1.16. The van der Waals surface area contributed by atoms with E-state index >= 15 is 0 Å². The van der Waals surface area contributed by atoms with Crippen LogP contribution in [0.3, 0.4) is 0 Å². The summed E-state index contributed by atoms with van der Waals surface area (Å²) in [5, 5.41) is 10.6. The number of rotatable bonds is 5. The molecule has 3 nitrogen and oxygen atoms in total. The van der Waals surface area contributed by atoms with Crippen molar-refractivity contribution in [1.82, 2.24) is 0 Å². The number of unbranched alkanes of at least 4 members (excludes halogenated alkanes) is 2. The minimum Gasteiger partial charge on any atom is -0.545 e. The minimum atomic E-state index is -1.20. The van der Waals surface area contributed by atoms with E-state index in [1.54, 1.807) is 24.3 Å². The van der Waals surface area contributed by atoms with Gasteiger partial charge in [-0.05, 0) is 36.6 Å². The largest absolute Gasteiger partial charge is 0.545 e. The highest BCUT2D eigenvalue weighted by molar-refractivity contribution is 6.30. The zero-order valence-electron chi connectivity index (χ0n) is 10.7. The molecule has 0 bridgehead atoms. The fraction of sp³-hybridized carbons (Fsp3) is 0.357. The van der Waals surface area contributed by atoms with Gasteiger partial charge in [-0.25, -0.2) is 0 Å². The molecule has 1 rings (SSSR count). The van der Waals surface area contributed by atoms with Crippen LogP contribution in [0.25, 0.3) is 6.08 Å². The smallest absolute Gasteiger partial charge is 0.0739 e. The molecule has 1 aromatic carbocycles. The Labute approximate surface area is 113 Å². The van der Waals surface area contributed by atoms with Gasteiger partial charge in [0.2, 0.25) is 0 Å². The lowest BCUT2D eigenvalue weighted by molar-refractivity contribution is -0.368. The molecule has 4 heteroatoms. The lowest BCUT2D eigenvalue weighted by Gasteiger charge is -1.93. The van der Waals surface area contributed by atoms with Crippen LogP contribution in [0.1, 0.15) is 31.7 Å². The number of halogens is 1. The first kappa shape index (κ1) is 16.7. The number of hydrogen-bond donors (Lipinski definition) is 1. The van der Waals surface area contributed by atoms with Gasteiger partial charge in [0, 0.05) is 5.02 Å². The fourth-order valence-corrected chi connectivity index (χ4v) is 1.29. The third-order valence-corrected chi connectivity index (χ3v) is 2.39. The first-order valence-electron chi connectivity index (χ1n) is 6.04. The van der Waals surface area contributed by atoms with Gasteiger partial charge in [-0.1, -0.05) is 43.2 Å². The molecule has 0 spiro atoms. The van der Waals surface area contributed by atoms with Crippen LogP contribution in [0, 0.1) is 0 Å². The van der Waals surface area contributed by atoms with Gasteiger partial charge in [0.15, 0.2) is 0 Å².